The first kappa shape index (κ1) is 17.1. The van der Waals surface area contributed by atoms with Crippen LogP contribution in [0.15, 0.2) is 24.3 Å². The van der Waals surface area contributed by atoms with Crippen LogP contribution in [0.2, 0.25) is 0 Å². The van der Waals surface area contributed by atoms with Gasteiger partial charge in [0.05, 0.1) is 13.2 Å². The fraction of sp³-hybridized carbons (Fsp3) is 0.571. The highest BCUT2D eigenvalue weighted by molar-refractivity contribution is 6.59. The third-order valence-corrected chi connectivity index (χ3v) is 3.32. The molecule has 0 aromatic heterocycles. The minimum Gasteiger partial charge on any atom is -0.423 e. The van der Waals surface area contributed by atoms with E-state index < -0.39 is 7.12 Å². The molecule has 0 radical (unpaired) electrons. The molecule has 0 aliphatic heterocycles. The summed E-state index contributed by atoms with van der Waals surface area (Å²) in [7, 11) is 1.90. The summed E-state index contributed by atoms with van der Waals surface area (Å²) in [6.45, 7) is 4.71. The van der Waals surface area contributed by atoms with Gasteiger partial charge in [0.15, 0.2) is 0 Å². The summed E-state index contributed by atoms with van der Waals surface area (Å²) in [4.78, 5) is 2.20. The Morgan fingerprint density at radius 1 is 1.20 bits per heavy atom. The minimum absolute atomic E-state index is 0.221. The predicted octanol–water partition coefficient (Wildman–Crippen LogP) is -0.150. The first-order chi connectivity index (χ1) is 9.60. The predicted molar refractivity (Wildman–Crippen MR) is 79.9 cm³/mol. The molecule has 0 bridgehead atoms. The average Bonchev–Trinajstić information content (AvgIpc) is 2.43. The maximum Gasteiger partial charge on any atom is 0.488 e. The molecule has 2 N–H and O–H groups in total. The van der Waals surface area contributed by atoms with Crippen molar-refractivity contribution in [2.45, 2.75) is 19.5 Å². The molecular weight excluding hydrogens is 257 g/mol. The monoisotopic (exact) mass is 281 g/mol. The van der Waals surface area contributed by atoms with Crippen molar-refractivity contribution < 1.29 is 19.5 Å². The van der Waals surface area contributed by atoms with E-state index in [2.05, 4.69) is 11.8 Å². The van der Waals surface area contributed by atoms with Crippen molar-refractivity contribution in [2.24, 2.45) is 0 Å². The van der Waals surface area contributed by atoms with E-state index in [-0.39, 0.29) is 6.04 Å². The Labute approximate surface area is 121 Å². The fourth-order valence-electron chi connectivity index (χ4n) is 2.16. The van der Waals surface area contributed by atoms with Gasteiger partial charge in [0.25, 0.3) is 0 Å². The molecule has 6 heteroatoms. The Kier molecular flexibility index (Phi) is 7.80. The first-order valence-corrected chi connectivity index (χ1v) is 6.76. The molecule has 0 spiro atoms. The quantitative estimate of drug-likeness (QED) is 0.616. The van der Waals surface area contributed by atoms with Crippen LogP contribution in [-0.4, -0.2) is 62.1 Å². The molecule has 5 nitrogen and oxygen atoms in total. The fourth-order valence-corrected chi connectivity index (χ4v) is 2.16. The summed E-state index contributed by atoms with van der Waals surface area (Å²) in [5.74, 6) is 0. The van der Waals surface area contributed by atoms with Crippen molar-refractivity contribution in [2.75, 3.05) is 34.0 Å². The molecule has 20 heavy (non-hydrogen) atoms. The lowest BCUT2D eigenvalue weighted by molar-refractivity contribution is 0.0706. The number of hydrogen-bond donors (Lipinski definition) is 2. The van der Waals surface area contributed by atoms with E-state index in [1.807, 2.05) is 12.1 Å². The van der Waals surface area contributed by atoms with Crippen molar-refractivity contribution in [3.63, 3.8) is 0 Å². The summed E-state index contributed by atoms with van der Waals surface area (Å²) >= 11 is 0. The number of methoxy groups -OCH3 is 2. The molecule has 1 rings (SSSR count). The number of hydrogen-bond acceptors (Lipinski definition) is 5. The van der Waals surface area contributed by atoms with Gasteiger partial charge in [0.2, 0.25) is 0 Å². The van der Waals surface area contributed by atoms with Crippen LogP contribution in [0, 0.1) is 0 Å². The van der Waals surface area contributed by atoms with Crippen LogP contribution in [-0.2, 0) is 16.0 Å². The van der Waals surface area contributed by atoms with Crippen LogP contribution in [0.5, 0.6) is 0 Å². The van der Waals surface area contributed by atoms with Crippen LogP contribution in [0.3, 0.4) is 0 Å². The molecule has 0 saturated heterocycles. The van der Waals surface area contributed by atoms with Crippen LogP contribution >= 0.6 is 0 Å². The van der Waals surface area contributed by atoms with Gasteiger partial charge in [0.1, 0.15) is 0 Å². The maximum absolute atomic E-state index is 9.42. The van der Waals surface area contributed by atoms with Gasteiger partial charge in [-0.05, 0) is 17.9 Å². The van der Waals surface area contributed by atoms with Crippen molar-refractivity contribution >= 4 is 12.6 Å². The lowest BCUT2D eigenvalue weighted by atomic mass is 9.77. The second-order valence-corrected chi connectivity index (χ2v) is 4.84. The van der Waals surface area contributed by atoms with Gasteiger partial charge in [-0.2, -0.15) is 0 Å². The number of benzene rings is 1. The Hall–Kier alpha value is -0.915. The van der Waals surface area contributed by atoms with Gasteiger partial charge in [-0.15, -0.1) is 0 Å². The molecule has 0 saturated carbocycles. The van der Waals surface area contributed by atoms with Gasteiger partial charge in [0, 0.05) is 33.4 Å². The van der Waals surface area contributed by atoms with E-state index in [0.717, 1.165) is 12.1 Å². The first-order valence-electron chi connectivity index (χ1n) is 6.76. The highest BCUT2D eigenvalue weighted by Gasteiger charge is 2.19. The van der Waals surface area contributed by atoms with E-state index >= 15 is 0 Å². The molecule has 1 aromatic rings. The van der Waals surface area contributed by atoms with Crippen molar-refractivity contribution in [1.29, 1.82) is 0 Å². The van der Waals surface area contributed by atoms with Crippen molar-refractivity contribution in [1.82, 2.24) is 4.90 Å². The summed E-state index contributed by atoms with van der Waals surface area (Å²) in [5, 5.41) is 18.8. The molecule has 1 atom stereocenters. The average molecular weight is 281 g/mol. The summed E-state index contributed by atoms with van der Waals surface area (Å²) in [6, 6.07) is 7.57. The minimum atomic E-state index is -1.45. The second kappa shape index (κ2) is 9.10. The number of rotatable bonds is 9. The summed E-state index contributed by atoms with van der Waals surface area (Å²) < 4.78 is 10.3. The Morgan fingerprint density at radius 3 is 2.50 bits per heavy atom. The van der Waals surface area contributed by atoms with Crippen LogP contribution in [0.1, 0.15) is 12.5 Å². The molecule has 112 valence electrons. The van der Waals surface area contributed by atoms with Crippen LogP contribution in [0.25, 0.3) is 0 Å². The third-order valence-electron chi connectivity index (χ3n) is 3.32. The van der Waals surface area contributed by atoms with Crippen molar-refractivity contribution in [3.8, 4) is 0 Å². The topological polar surface area (TPSA) is 62.2 Å². The van der Waals surface area contributed by atoms with Crippen LogP contribution in [0.4, 0.5) is 0 Å². The highest BCUT2D eigenvalue weighted by Crippen LogP contribution is 2.08. The van der Waals surface area contributed by atoms with Gasteiger partial charge >= 0.3 is 7.12 Å². The molecule has 0 aliphatic rings. The lowest BCUT2D eigenvalue weighted by Crippen LogP contribution is -2.41. The smallest absolute Gasteiger partial charge is 0.423 e. The molecule has 1 aromatic carbocycles. The van der Waals surface area contributed by atoms with E-state index in [1.165, 1.54) is 0 Å². The molecule has 0 fully saturated rings. The van der Waals surface area contributed by atoms with Gasteiger partial charge < -0.3 is 19.5 Å². The Morgan fingerprint density at radius 2 is 1.90 bits per heavy atom. The molecule has 0 heterocycles. The van der Waals surface area contributed by atoms with E-state index in [1.54, 1.807) is 26.4 Å². The molecule has 1 unspecified atom stereocenters. The van der Waals surface area contributed by atoms with Crippen molar-refractivity contribution in [3.05, 3.63) is 29.8 Å². The Bertz CT molecular complexity index is 389. The zero-order valence-corrected chi connectivity index (χ0v) is 12.5. The third kappa shape index (κ3) is 5.23. The Balaban J connectivity index is 2.82. The van der Waals surface area contributed by atoms with Gasteiger partial charge in [-0.25, -0.2) is 0 Å². The zero-order chi connectivity index (χ0) is 15.0. The standard InChI is InChI=1S/C14H24BNO4/c1-12(11-20-3)16(8-9-19-2)10-13-6-4-5-7-14(13)15(17)18/h4-7,12,17-18H,8-11H2,1-3H3. The SMILES string of the molecule is COCCN(Cc1ccccc1B(O)O)C(C)COC. The highest BCUT2D eigenvalue weighted by atomic mass is 16.5. The van der Waals surface area contributed by atoms with E-state index in [9.17, 15) is 10.0 Å². The normalized spacial score (nSPS) is 12.7. The van der Waals surface area contributed by atoms with Gasteiger partial charge in [-0.3, -0.25) is 4.90 Å². The summed E-state index contributed by atoms with van der Waals surface area (Å²) in [6.07, 6.45) is 0. The van der Waals surface area contributed by atoms with Crippen LogP contribution < -0.4 is 5.46 Å². The van der Waals surface area contributed by atoms with Gasteiger partial charge in [-0.1, -0.05) is 24.3 Å². The van der Waals surface area contributed by atoms with E-state index in [4.69, 9.17) is 9.47 Å². The molecule has 0 amide bonds. The number of ether oxygens (including phenoxy) is 2. The number of nitrogens with zero attached hydrogens (tertiary/aromatic N) is 1. The maximum atomic E-state index is 9.42. The zero-order valence-electron chi connectivity index (χ0n) is 12.5. The molecule has 0 aliphatic carbocycles. The second-order valence-electron chi connectivity index (χ2n) is 4.84. The largest absolute Gasteiger partial charge is 0.488 e. The summed E-state index contributed by atoms with van der Waals surface area (Å²) in [5.41, 5.74) is 1.45. The molecular formula is C14H24BNO4. The lowest BCUT2D eigenvalue weighted by Gasteiger charge is -2.29. The van der Waals surface area contributed by atoms with E-state index in [0.29, 0.717) is 25.2 Å².